The summed E-state index contributed by atoms with van der Waals surface area (Å²) in [6.07, 6.45) is 4.64. The van der Waals surface area contributed by atoms with Crippen LogP contribution < -0.4 is 0 Å². The van der Waals surface area contributed by atoms with Crippen molar-refractivity contribution in [2.45, 2.75) is 6.42 Å². The van der Waals surface area contributed by atoms with Gasteiger partial charge in [-0.2, -0.15) is 0 Å². The van der Waals surface area contributed by atoms with E-state index in [-0.39, 0.29) is 5.82 Å². The van der Waals surface area contributed by atoms with Crippen molar-refractivity contribution in [3.8, 4) is 0 Å². The zero-order valence-electron chi connectivity index (χ0n) is 8.56. The summed E-state index contributed by atoms with van der Waals surface area (Å²) >= 11 is 0. The smallest absolute Gasteiger partial charge is 0.150 e. The molecule has 0 saturated heterocycles. The van der Waals surface area contributed by atoms with Gasteiger partial charge in [0.05, 0.1) is 0 Å². The van der Waals surface area contributed by atoms with Crippen molar-refractivity contribution in [1.29, 1.82) is 0 Å². The van der Waals surface area contributed by atoms with Gasteiger partial charge in [0, 0.05) is 18.0 Å². The molecule has 2 aromatic rings. The van der Waals surface area contributed by atoms with Crippen molar-refractivity contribution < 1.29 is 9.18 Å². The SMILES string of the molecule is O=Cc1ccc(F)cc1Cc1cccnc1. The molecule has 16 heavy (non-hydrogen) atoms. The van der Waals surface area contributed by atoms with Crippen LogP contribution in [0.4, 0.5) is 4.39 Å². The number of pyridine rings is 1. The van der Waals surface area contributed by atoms with Gasteiger partial charge in [-0.15, -0.1) is 0 Å². The molecular formula is C13H10FNO. The molecule has 0 aliphatic carbocycles. The van der Waals surface area contributed by atoms with E-state index in [0.29, 0.717) is 17.5 Å². The minimum atomic E-state index is -0.329. The topological polar surface area (TPSA) is 30.0 Å². The molecule has 0 amide bonds. The second kappa shape index (κ2) is 4.66. The van der Waals surface area contributed by atoms with Gasteiger partial charge < -0.3 is 0 Å². The molecule has 1 heterocycles. The lowest BCUT2D eigenvalue weighted by molar-refractivity contribution is 0.112. The number of rotatable bonds is 3. The summed E-state index contributed by atoms with van der Waals surface area (Å²) in [5.41, 5.74) is 2.16. The minimum absolute atomic E-state index is 0.329. The number of halogens is 1. The van der Waals surface area contributed by atoms with Gasteiger partial charge in [-0.3, -0.25) is 9.78 Å². The minimum Gasteiger partial charge on any atom is -0.298 e. The summed E-state index contributed by atoms with van der Waals surface area (Å²) in [6, 6.07) is 7.88. The van der Waals surface area contributed by atoms with Gasteiger partial charge in [-0.1, -0.05) is 6.07 Å². The molecule has 2 rings (SSSR count). The normalized spacial score (nSPS) is 10.1. The first kappa shape index (κ1) is 10.5. The monoisotopic (exact) mass is 215 g/mol. The van der Waals surface area contributed by atoms with Crippen LogP contribution in [0.15, 0.2) is 42.7 Å². The van der Waals surface area contributed by atoms with Gasteiger partial charge in [0.15, 0.2) is 0 Å². The van der Waals surface area contributed by atoms with Gasteiger partial charge in [-0.05, 0) is 41.8 Å². The Morgan fingerprint density at radius 3 is 2.88 bits per heavy atom. The third-order valence-electron chi connectivity index (χ3n) is 2.35. The Hall–Kier alpha value is -2.03. The summed E-state index contributed by atoms with van der Waals surface area (Å²) < 4.78 is 13.1. The van der Waals surface area contributed by atoms with Gasteiger partial charge in [-0.25, -0.2) is 4.39 Å². The second-order valence-electron chi connectivity index (χ2n) is 3.50. The van der Waals surface area contributed by atoms with Gasteiger partial charge in [0.1, 0.15) is 12.1 Å². The fraction of sp³-hybridized carbons (Fsp3) is 0.0769. The first-order valence-corrected chi connectivity index (χ1v) is 4.92. The number of benzene rings is 1. The average Bonchev–Trinajstić information content (AvgIpc) is 2.31. The summed E-state index contributed by atoms with van der Waals surface area (Å²) in [7, 11) is 0. The third kappa shape index (κ3) is 2.31. The largest absolute Gasteiger partial charge is 0.298 e. The molecule has 0 saturated carbocycles. The molecule has 0 radical (unpaired) electrons. The fourth-order valence-electron chi connectivity index (χ4n) is 1.56. The summed E-state index contributed by atoms with van der Waals surface area (Å²) in [6.45, 7) is 0. The van der Waals surface area contributed by atoms with Gasteiger partial charge in [0.25, 0.3) is 0 Å². The Morgan fingerprint density at radius 2 is 2.19 bits per heavy atom. The Balaban J connectivity index is 2.33. The van der Waals surface area contributed by atoms with E-state index in [4.69, 9.17) is 0 Å². The average molecular weight is 215 g/mol. The van der Waals surface area contributed by atoms with Gasteiger partial charge >= 0.3 is 0 Å². The van der Waals surface area contributed by atoms with Crippen LogP contribution in [-0.2, 0) is 6.42 Å². The van der Waals surface area contributed by atoms with Crippen LogP contribution in [0.25, 0.3) is 0 Å². The molecule has 2 nitrogen and oxygen atoms in total. The first-order chi connectivity index (χ1) is 7.79. The van der Waals surface area contributed by atoms with Crippen LogP contribution in [0.1, 0.15) is 21.5 Å². The van der Waals surface area contributed by atoms with Crippen LogP contribution in [0.2, 0.25) is 0 Å². The molecule has 0 bridgehead atoms. The molecule has 1 aromatic heterocycles. The Morgan fingerprint density at radius 1 is 1.31 bits per heavy atom. The molecule has 80 valence electrons. The molecule has 0 aliphatic rings. The maximum absolute atomic E-state index is 13.1. The molecule has 0 spiro atoms. The quantitative estimate of drug-likeness (QED) is 0.737. The van der Waals surface area contributed by atoms with E-state index in [0.717, 1.165) is 11.8 Å². The van der Waals surface area contributed by atoms with E-state index in [9.17, 15) is 9.18 Å². The van der Waals surface area contributed by atoms with E-state index >= 15 is 0 Å². The zero-order chi connectivity index (χ0) is 11.4. The highest BCUT2D eigenvalue weighted by Gasteiger charge is 2.04. The molecular weight excluding hydrogens is 205 g/mol. The number of aldehydes is 1. The highest BCUT2D eigenvalue weighted by Crippen LogP contribution is 2.14. The maximum atomic E-state index is 13.1. The highest BCUT2D eigenvalue weighted by molar-refractivity contribution is 5.77. The lowest BCUT2D eigenvalue weighted by Gasteiger charge is -2.04. The van der Waals surface area contributed by atoms with E-state index in [2.05, 4.69) is 4.98 Å². The number of hydrogen-bond donors (Lipinski definition) is 0. The molecule has 0 atom stereocenters. The number of carbonyl (C=O) groups excluding carboxylic acids is 1. The predicted molar refractivity (Wildman–Crippen MR) is 58.8 cm³/mol. The second-order valence-corrected chi connectivity index (χ2v) is 3.50. The van der Waals surface area contributed by atoms with Crippen molar-refractivity contribution in [2.75, 3.05) is 0 Å². The number of aromatic nitrogens is 1. The van der Waals surface area contributed by atoms with E-state index in [1.54, 1.807) is 12.4 Å². The van der Waals surface area contributed by atoms with Crippen LogP contribution in [0, 0.1) is 5.82 Å². The zero-order valence-corrected chi connectivity index (χ0v) is 8.56. The number of nitrogens with zero attached hydrogens (tertiary/aromatic N) is 1. The Bertz CT molecular complexity index is 497. The van der Waals surface area contributed by atoms with Gasteiger partial charge in [0.2, 0.25) is 0 Å². The molecule has 0 unspecified atom stereocenters. The van der Waals surface area contributed by atoms with Crippen molar-refractivity contribution in [2.24, 2.45) is 0 Å². The predicted octanol–water partition coefficient (Wildman–Crippen LogP) is 2.62. The third-order valence-corrected chi connectivity index (χ3v) is 2.35. The van der Waals surface area contributed by atoms with Crippen molar-refractivity contribution in [3.63, 3.8) is 0 Å². The standard InChI is InChI=1S/C13H10FNO/c14-13-4-3-11(9-16)12(7-13)6-10-2-1-5-15-8-10/h1-5,7-9H,6H2. The molecule has 3 heteroatoms. The molecule has 1 aromatic carbocycles. The van der Waals surface area contributed by atoms with Crippen molar-refractivity contribution in [1.82, 2.24) is 4.98 Å². The molecule has 0 fully saturated rings. The lowest BCUT2D eigenvalue weighted by Crippen LogP contribution is -1.96. The van der Waals surface area contributed by atoms with Crippen LogP contribution in [0.3, 0.4) is 0 Å². The maximum Gasteiger partial charge on any atom is 0.150 e. The summed E-state index contributed by atoms with van der Waals surface area (Å²) in [5, 5.41) is 0. The summed E-state index contributed by atoms with van der Waals surface area (Å²) in [4.78, 5) is 14.8. The fourth-order valence-corrected chi connectivity index (χ4v) is 1.56. The summed E-state index contributed by atoms with van der Waals surface area (Å²) in [5.74, 6) is -0.329. The highest BCUT2D eigenvalue weighted by atomic mass is 19.1. The van der Waals surface area contributed by atoms with Crippen LogP contribution in [0.5, 0.6) is 0 Å². The lowest BCUT2D eigenvalue weighted by atomic mass is 10.0. The van der Waals surface area contributed by atoms with E-state index < -0.39 is 0 Å². The van der Waals surface area contributed by atoms with Crippen LogP contribution in [-0.4, -0.2) is 11.3 Å². The molecule has 0 N–H and O–H groups in total. The number of carbonyl (C=O) groups is 1. The van der Waals surface area contributed by atoms with Crippen molar-refractivity contribution >= 4 is 6.29 Å². The Labute approximate surface area is 92.8 Å². The van der Waals surface area contributed by atoms with Crippen LogP contribution >= 0.6 is 0 Å². The van der Waals surface area contributed by atoms with E-state index in [1.807, 2.05) is 12.1 Å². The Kier molecular flexibility index (Phi) is 3.05. The van der Waals surface area contributed by atoms with Crippen molar-refractivity contribution in [3.05, 3.63) is 65.2 Å². The number of hydrogen-bond acceptors (Lipinski definition) is 2. The molecule has 0 aliphatic heterocycles. The first-order valence-electron chi connectivity index (χ1n) is 4.92. The van der Waals surface area contributed by atoms with E-state index in [1.165, 1.54) is 18.2 Å².